The van der Waals surface area contributed by atoms with Crippen molar-refractivity contribution < 1.29 is 9.18 Å². The lowest BCUT2D eigenvalue weighted by atomic mass is 9.99. The normalized spacial score (nSPS) is 16.7. The Morgan fingerprint density at radius 1 is 1.19 bits per heavy atom. The van der Waals surface area contributed by atoms with Crippen LogP contribution in [0.2, 0.25) is 0 Å². The van der Waals surface area contributed by atoms with Crippen molar-refractivity contribution in [2.45, 2.75) is 23.9 Å². The van der Waals surface area contributed by atoms with E-state index in [-0.39, 0.29) is 23.4 Å². The number of carbonyl (C=O) groups excluding carboxylic acids is 1. The first-order valence-corrected chi connectivity index (χ1v) is 11.9. The molecule has 6 nitrogen and oxygen atoms in total. The molecule has 1 aliphatic rings. The highest BCUT2D eigenvalue weighted by Gasteiger charge is 2.27. The van der Waals surface area contributed by atoms with Crippen molar-refractivity contribution >= 4 is 39.2 Å². The summed E-state index contributed by atoms with van der Waals surface area (Å²) < 4.78 is 16.9. The average Bonchev–Trinajstić information content (AvgIpc) is 3.45. The zero-order valence-corrected chi connectivity index (χ0v) is 18.3. The van der Waals surface area contributed by atoms with Gasteiger partial charge in [-0.3, -0.25) is 9.36 Å². The molecule has 0 spiro atoms. The van der Waals surface area contributed by atoms with E-state index in [1.165, 1.54) is 28.9 Å². The molecule has 158 valence electrons. The van der Waals surface area contributed by atoms with Crippen LogP contribution in [0.3, 0.4) is 0 Å². The molecule has 3 heterocycles. The quantitative estimate of drug-likeness (QED) is 0.416. The van der Waals surface area contributed by atoms with Gasteiger partial charge in [-0.25, -0.2) is 9.37 Å². The average molecular weight is 454 g/mol. The molecule has 2 aromatic heterocycles. The van der Waals surface area contributed by atoms with E-state index in [0.29, 0.717) is 17.4 Å². The van der Waals surface area contributed by atoms with Crippen LogP contribution in [-0.4, -0.2) is 49.4 Å². The monoisotopic (exact) mass is 453 g/mol. The van der Waals surface area contributed by atoms with Gasteiger partial charge < -0.3 is 4.90 Å². The Bertz CT molecular complexity index is 1190. The minimum absolute atomic E-state index is 0.0545. The maximum atomic E-state index is 14.1. The van der Waals surface area contributed by atoms with E-state index < -0.39 is 0 Å². The van der Waals surface area contributed by atoms with Crippen LogP contribution in [-0.2, 0) is 4.79 Å². The van der Waals surface area contributed by atoms with Gasteiger partial charge in [-0.1, -0.05) is 36.0 Å². The van der Waals surface area contributed by atoms with Crippen LogP contribution in [0.15, 0.2) is 60.0 Å². The van der Waals surface area contributed by atoms with E-state index in [1.807, 2.05) is 23.1 Å². The number of fused-ring (bicyclic) bond motifs is 1. The van der Waals surface area contributed by atoms with E-state index in [4.69, 9.17) is 4.98 Å². The molecule has 1 atom stereocenters. The van der Waals surface area contributed by atoms with Crippen LogP contribution in [0, 0.1) is 5.82 Å². The highest BCUT2D eigenvalue weighted by atomic mass is 32.2. The fraction of sp³-hybridized carbons (Fsp3) is 0.273. The summed E-state index contributed by atoms with van der Waals surface area (Å²) in [6.45, 7) is 1.43. The molecule has 31 heavy (non-hydrogen) atoms. The van der Waals surface area contributed by atoms with Crippen LogP contribution in [0.5, 0.6) is 0 Å². The third kappa shape index (κ3) is 4.20. The smallest absolute Gasteiger partial charge is 0.233 e. The van der Waals surface area contributed by atoms with E-state index in [1.54, 1.807) is 34.1 Å². The van der Waals surface area contributed by atoms with Crippen molar-refractivity contribution in [3.8, 4) is 5.69 Å². The lowest BCUT2D eigenvalue weighted by Crippen LogP contribution is -2.40. The summed E-state index contributed by atoms with van der Waals surface area (Å²) in [7, 11) is 0. The molecule has 5 rings (SSSR count). The number of halogens is 1. The molecular formula is C22H20FN5OS2. The van der Waals surface area contributed by atoms with Gasteiger partial charge in [-0.2, -0.15) is 0 Å². The van der Waals surface area contributed by atoms with Gasteiger partial charge in [0.05, 0.1) is 26.7 Å². The molecule has 4 aromatic rings. The maximum absolute atomic E-state index is 14.1. The fourth-order valence-electron chi connectivity index (χ4n) is 3.82. The second kappa shape index (κ2) is 8.76. The van der Waals surface area contributed by atoms with E-state index in [0.717, 1.165) is 29.9 Å². The predicted octanol–water partition coefficient (Wildman–Crippen LogP) is 4.51. The third-order valence-electron chi connectivity index (χ3n) is 5.39. The van der Waals surface area contributed by atoms with Gasteiger partial charge in [0.25, 0.3) is 0 Å². The van der Waals surface area contributed by atoms with Gasteiger partial charge in [0, 0.05) is 19.0 Å². The Balaban J connectivity index is 1.25. The minimum Gasteiger partial charge on any atom is -0.341 e. The summed E-state index contributed by atoms with van der Waals surface area (Å²) in [5, 5.41) is 9.56. The fourth-order valence-corrected chi connectivity index (χ4v) is 5.74. The van der Waals surface area contributed by atoms with Crippen LogP contribution < -0.4 is 0 Å². The molecule has 1 fully saturated rings. The first-order chi connectivity index (χ1) is 15.2. The summed E-state index contributed by atoms with van der Waals surface area (Å²) in [5.41, 5.74) is 1.39. The van der Waals surface area contributed by atoms with Crippen molar-refractivity contribution in [3.05, 3.63) is 65.7 Å². The number of piperidine rings is 1. The second-order valence-electron chi connectivity index (χ2n) is 7.42. The number of carbonyl (C=O) groups is 1. The van der Waals surface area contributed by atoms with Gasteiger partial charge in [0.2, 0.25) is 5.91 Å². The van der Waals surface area contributed by atoms with Gasteiger partial charge in [-0.15, -0.1) is 21.5 Å². The second-order valence-corrected chi connectivity index (χ2v) is 9.43. The van der Waals surface area contributed by atoms with E-state index >= 15 is 0 Å². The van der Waals surface area contributed by atoms with Crippen molar-refractivity contribution in [2.24, 2.45) is 0 Å². The predicted molar refractivity (Wildman–Crippen MR) is 120 cm³/mol. The number of thiazole rings is 1. The first kappa shape index (κ1) is 20.1. The molecule has 0 N–H and O–H groups in total. The summed E-state index contributed by atoms with van der Waals surface area (Å²) in [6, 6.07) is 14.6. The molecule has 0 bridgehead atoms. The summed E-state index contributed by atoms with van der Waals surface area (Å²) in [6.07, 6.45) is 3.47. The van der Waals surface area contributed by atoms with Gasteiger partial charge >= 0.3 is 0 Å². The summed E-state index contributed by atoms with van der Waals surface area (Å²) in [4.78, 5) is 19.6. The number of hydrogen-bond acceptors (Lipinski definition) is 6. The Hall–Kier alpha value is -2.78. The molecule has 1 aliphatic heterocycles. The molecule has 2 aromatic carbocycles. The van der Waals surface area contributed by atoms with Crippen molar-refractivity contribution in [1.82, 2.24) is 24.6 Å². The number of thioether (sulfide) groups is 1. The Labute approximate surface area is 187 Å². The molecule has 0 unspecified atom stereocenters. The molecule has 9 heteroatoms. The van der Waals surface area contributed by atoms with E-state index in [2.05, 4.69) is 16.3 Å². The zero-order chi connectivity index (χ0) is 21.2. The molecule has 0 aliphatic carbocycles. The molecule has 0 saturated carbocycles. The largest absolute Gasteiger partial charge is 0.341 e. The SMILES string of the molecule is O=C(CSc1nncn1-c1ccccc1F)N1CCC[C@H](c2nc3ccccc3s2)C1. The van der Waals surface area contributed by atoms with Gasteiger partial charge in [0.1, 0.15) is 12.1 Å². The van der Waals surface area contributed by atoms with Crippen LogP contribution in [0.1, 0.15) is 23.8 Å². The zero-order valence-electron chi connectivity index (χ0n) is 16.6. The highest BCUT2D eigenvalue weighted by molar-refractivity contribution is 7.99. The summed E-state index contributed by atoms with van der Waals surface area (Å²) in [5.74, 6) is 0.200. The lowest BCUT2D eigenvalue weighted by Gasteiger charge is -2.31. The Morgan fingerprint density at radius 3 is 2.90 bits per heavy atom. The number of aromatic nitrogens is 4. The Kier molecular flexibility index (Phi) is 5.69. The highest BCUT2D eigenvalue weighted by Crippen LogP contribution is 2.33. The number of hydrogen-bond donors (Lipinski definition) is 0. The standard InChI is InChI=1S/C22H20FN5OS2/c23-16-7-1-3-9-18(16)28-14-24-26-22(28)30-13-20(29)27-11-5-6-15(12-27)21-25-17-8-2-4-10-19(17)31-21/h1-4,7-10,14-15H,5-6,11-13H2/t15-/m0/s1. The number of rotatable bonds is 5. The lowest BCUT2D eigenvalue weighted by molar-refractivity contribution is -0.129. The molecule has 1 amide bonds. The van der Waals surface area contributed by atoms with Gasteiger partial charge in [-0.05, 0) is 37.1 Å². The topological polar surface area (TPSA) is 63.9 Å². The number of nitrogens with zero attached hydrogens (tertiary/aromatic N) is 5. The number of para-hydroxylation sites is 2. The minimum atomic E-state index is -0.356. The van der Waals surface area contributed by atoms with Crippen molar-refractivity contribution in [2.75, 3.05) is 18.8 Å². The Morgan fingerprint density at radius 2 is 2.03 bits per heavy atom. The van der Waals surface area contributed by atoms with Crippen LogP contribution >= 0.6 is 23.1 Å². The summed E-state index contributed by atoms with van der Waals surface area (Å²) >= 11 is 3.00. The van der Waals surface area contributed by atoms with E-state index in [9.17, 15) is 9.18 Å². The molecule has 1 saturated heterocycles. The van der Waals surface area contributed by atoms with Gasteiger partial charge in [0.15, 0.2) is 5.16 Å². The molecule has 0 radical (unpaired) electrons. The maximum Gasteiger partial charge on any atom is 0.233 e. The first-order valence-electron chi connectivity index (χ1n) is 10.1. The number of amides is 1. The molecular weight excluding hydrogens is 433 g/mol. The third-order valence-corrected chi connectivity index (χ3v) is 7.51. The van der Waals surface area contributed by atoms with Crippen molar-refractivity contribution in [1.29, 1.82) is 0 Å². The number of benzene rings is 2. The van der Waals surface area contributed by atoms with Crippen molar-refractivity contribution in [3.63, 3.8) is 0 Å². The van der Waals surface area contributed by atoms with Crippen LogP contribution in [0.4, 0.5) is 4.39 Å². The van der Waals surface area contributed by atoms with Crippen LogP contribution in [0.25, 0.3) is 15.9 Å². The number of likely N-dealkylation sites (tertiary alicyclic amines) is 1.